The fourth-order valence-electron chi connectivity index (χ4n) is 6.89. The standard InChI is InChI=1S/C31H39N7/c1-20-17-37(27-9-8-21(15-32)29-25(27)7-6-11-33-29)19-24-13-23(18-38(20)24)36-28-14-26-22(16-34-28)10-12-35-31(26,5)30(2,3)4/h6-9,11,14,16,20,23-24,35H,10,12-13,17-19H2,1-5H3,(H,34,36)/t20-,23-,24+,31?/m1/s1. The second-order valence-electron chi connectivity index (χ2n) is 12.6. The van der Waals surface area contributed by atoms with E-state index >= 15 is 0 Å². The quantitative estimate of drug-likeness (QED) is 0.531. The summed E-state index contributed by atoms with van der Waals surface area (Å²) in [6.45, 7) is 15.6. The number of nitrogens with zero attached hydrogens (tertiary/aromatic N) is 5. The Kier molecular flexibility index (Phi) is 6.08. The van der Waals surface area contributed by atoms with E-state index in [-0.39, 0.29) is 11.0 Å². The Morgan fingerprint density at radius 1 is 1.16 bits per heavy atom. The molecule has 3 aromatic rings. The summed E-state index contributed by atoms with van der Waals surface area (Å²) in [4.78, 5) is 14.5. The minimum Gasteiger partial charge on any atom is -0.368 e. The fraction of sp³-hybridized carbons (Fsp3) is 0.516. The molecule has 5 heterocycles. The van der Waals surface area contributed by atoms with E-state index < -0.39 is 0 Å². The maximum atomic E-state index is 9.56. The van der Waals surface area contributed by atoms with E-state index in [0.29, 0.717) is 23.7 Å². The summed E-state index contributed by atoms with van der Waals surface area (Å²) in [6, 6.07) is 14.0. The summed E-state index contributed by atoms with van der Waals surface area (Å²) in [5.74, 6) is 0.987. The number of aromatic nitrogens is 2. The number of nitrogens with one attached hydrogen (secondary N) is 2. The Bertz CT molecular complexity index is 1400. The molecule has 38 heavy (non-hydrogen) atoms. The molecule has 0 radical (unpaired) electrons. The molecule has 1 aromatic carbocycles. The van der Waals surface area contributed by atoms with Gasteiger partial charge in [-0.3, -0.25) is 9.88 Å². The predicted octanol–water partition coefficient (Wildman–Crippen LogP) is 4.67. The maximum Gasteiger partial charge on any atom is 0.126 e. The SMILES string of the molecule is C[C@@H]1CN(c2ccc(C#N)c3ncccc23)C[C@@H]2C[C@@H](Nc3cc4c(cn3)CCNC4(C)C(C)(C)C)CN21. The lowest BCUT2D eigenvalue weighted by atomic mass is 9.68. The van der Waals surface area contributed by atoms with Crippen molar-refractivity contribution in [3.8, 4) is 6.07 Å². The van der Waals surface area contributed by atoms with E-state index in [1.54, 1.807) is 6.20 Å². The summed E-state index contributed by atoms with van der Waals surface area (Å²) < 4.78 is 0. The normalized spacial score (nSPS) is 27.6. The lowest BCUT2D eigenvalue weighted by Gasteiger charge is -2.47. The molecule has 0 saturated carbocycles. The van der Waals surface area contributed by atoms with Crippen molar-refractivity contribution in [2.75, 3.05) is 36.4 Å². The molecule has 3 aliphatic heterocycles. The molecule has 2 saturated heterocycles. The monoisotopic (exact) mass is 509 g/mol. The van der Waals surface area contributed by atoms with Crippen LogP contribution in [0, 0.1) is 16.7 Å². The third kappa shape index (κ3) is 4.11. The number of anilines is 2. The first-order valence-corrected chi connectivity index (χ1v) is 14.0. The van der Waals surface area contributed by atoms with Gasteiger partial charge in [0.1, 0.15) is 11.9 Å². The number of fused-ring (bicyclic) bond motifs is 3. The van der Waals surface area contributed by atoms with Gasteiger partial charge in [-0.15, -0.1) is 0 Å². The van der Waals surface area contributed by atoms with Gasteiger partial charge in [-0.2, -0.15) is 5.26 Å². The van der Waals surface area contributed by atoms with Gasteiger partial charge >= 0.3 is 0 Å². The van der Waals surface area contributed by atoms with Crippen molar-refractivity contribution in [1.29, 1.82) is 5.26 Å². The van der Waals surface area contributed by atoms with Crippen LogP contribution in [-0.4, -0.2) is 59.2 Å². The third-order valence-electron chi connectivity index (χ3n) is 9.40. The third-order valence-corrected chi connectivity index (χ3v) is 9.40. The molecule has 4 atom stereocenters. The van der Waals surface area contributed by atoms with E-state index in [9.17, 15) is 5.26 Å². The van der Waals surface area contributed by atoms with Crippen molar-refractivity contribution in [1.82, 2.24) is 20.2 Å². The van der Waals surface area contributed by atoms with Crippen LogP contribution < -0.4 is 15.5 Å². The molecule has 0 spiro atoms. The van der Waals surface area contributed by atoms with E-state index in [4.69, 9.17) is 4.98 Å². The van der Waals surface area contributed by atoms with Gasteiger partial charge in [0.2, 0.25) is 0 Å². The minimum atomic E-state index is -0.0825. The van der Waals surface area contributed by atoms with Gasteiger partial charge in [-0.1, -0.05) is 20.8 Å². The molecule has 0 aliphatic carbocycles. The summed E-state index contributed by atoms with van der Waals surface area (Å²) in [5.41, 5.74) is 5.37. The van der Waals surface area contributed by atoms with Crippen molar-refractivity contribution in [3.63, 3.8) is 0 Å². The van der Waals surface area contributed by atoms with Crippen LogP contribution in [0.3, 0.4) is 0 Å². The summed E-state index contributed by atoms with van der Waals surface area (Å²) in [5, 5.41) is 18.2. The molecule has 2 N–H and O–H groups in total. The van der Waals surface area contributed by atoms with Gasteiger partial charge in [-0.05, 0) is 73.6 Å². The molecule has 2 fully saturated rings. The maximum absolute atomic E-state index is 9.56. The summed E-state index contributed by atoms with van der Waals surface area (Å²) in [6.07, 6.45) is 5.98. The van der Waals surface area contributed by atoms with E-state index in [0.717, 1.165) is 55.7 Å². The van der Waals surface area contributed by atoms with Crippen LogP contribution in [0.2, 0.25) is 0 Å². The average molecular weight is 510 g/mol. The van der Waals surface area contributed by atoms with Gasteiger partial charge in [0, 0.05) is 73.3 Å². The van der Waals surface area contributed by atoms with Crippen LogP contribution in [-0.2, 0) is 12.0 Å². The second-order valence-corrected chi connectivity index (χ2v) is 12.6. The first-order chi connectivity index (χ1) is 18.2. The Hall–Kier alpha value is -3.21. The Labute approximate surface area is 226 Å². The zero-order valence-corrected chi connectivity index (χ0v) is 23.3. The summed E-state index contributed by atoms with van der Waals surface area (Å²) >= 11 is 0. The average Bonchev–Trinajstić information content (AvgIpc) is 3.31. The largest absolute Gasteiger partial charge is 0.368 e. The molecule has 7 heteroatoms. The number of rotatable bonds is 3. The summed E-state index contributed by atoms with van der Waals surface area (Å²) in [7, 11) is 0. The molecule has 3 aliphatic rings. The highest BCUT2D eigenvalue weighted by molar-refractivity contribution is 5.95. The van der Waals surface area contributed by atoms with Crippen molar-refractivity contribution in [2.24, 2.45) is 5.41 Å². The van der Waals surface area contributed by atoms with E-state index in [1.807, 2.05) is 12.1 Å². The number of piperazine rings is 1. The van der Waals surface area contributed by atoms with Crippen LogP contribution in [0.25, 0.3) is 10.9 Å². The molecule has 2 aromatic heterocycles. The van der Waals surface area contributed by atoms with Crippen LogP contribution in [0.15, 0.2) is 42.7 Å². The molecule has 0 amide bonds. The topological polar surface area (TPSA) is 80.1 Å². The fourth-order valence-corrected chi connectivity index (χ4v) is 6.89. The zero-order valence-electron chi connectivity index (χ0n) is 23.3. The number of hydrogen-bond donors (Lipinski definition) is 2. The second kappa shape index (κ2) is 9.21. The van der Waals surface area contributed by atoms with Gasteiger partial charge < -0.3 is 15.5 Å². The number of nitriles is 1. The number of pyridine rings is 2. The minimum absolute atomic E-state index is 0.0825. The first kappa shape index (κ1) is 25.1. The van der Waals surface area contributed by atoms with Crippen molar-refractivity contribution >= 4 is 22.4 Å². The highest BCUT2D eigenvalue weighted by Crippen LogP contribution is 2.43. The molecule has 198 valence electrons. The molecule has 7 nitrogen and oxygen atoms in total. The van der Waals surface area contributed by atoms with E-state index in [2.05, 4.69) is 90.5 Å². The van der Waals surface area contributed by atoms with Crippen LogP contribution in [0.1, 0.15) is 57.7 Å². The molecular weight excluding hydrogens is 470 g/mol. The Morgan fingerprint density at radius 3 is 2.79 bits per heavy atom. The van der Waals surface area contributed by atoms with Gasteiger partial charge in [-0.25, -0.2) is 4.98 Å². The van der Waals surface area contributed by atoms with Crippen LogP contribution >= 0.6 is 0 Å². The van der Waals surface area contributed by atoms with Crippen molar-refractivity contribution < 1.29 is 0 Å². The highest BCUT2D eigenvalue weighted by Gasteiger charge is 2.43. The number of benzene rings is 1. The lowest BCUT2D eigenvalue weighted by Crippen LogP contribution is -2.55. The smallest absolute Gasteiger partial charge is 0.126 e. The van der Waals surface area contributed by atoms with Gasteiger partial charge in [0.15, 0.2) is 0 Å². The molecule has 0 bridgehead atoms. The van der Waals surface area contributed by atoms with Gasteiger partial charge in [0.05, 0.1) is 11.1 Å². The predicted molar refractivity (Wildman–Crippen MR) is 153 cm³/mol. The van der Waals surface area contributed by atoms with Crippen LogP contribution in [0.4, 0.5) is 11.5 Å². The molecule has 1 unspecified atom stereocenters. The Morgan fingerprint density at radius 2 is 2.00 bits per heavy atom. The number of hydrogen-bond acceptors (Lipinski definition) is 7. The highest BCUT2D eigenvalue weighted by atomic mass is 15.3. The van der Waals surface area contributed by atoms with E-state index in [1.165, 1.54) is 16.8 Å². The van der Waals surface area contributed by atoms with Crippen LogP contribution in [0.5, 0.6) is 0 Å². The van der Waals surface area contributed by atoms with Crippen molar-refractivity contribution in [3.05, 3.63) is 59.4 Å². The Balaban J connectivity index is 1.22. The lowest BCUT2D eigenvalue weighted by molar-refractivity contribution is 0.148. The van der Waals surface area contributed by atoms with Gasteiger partial charge in [0.25, 0.3) is 0 Å². The van der Waals surface area contributed by atoms with Crippen molar-refractivity contribution in [2.45, 2.75) is 71.1 Å². The molecular formula is C31H39N7. The first-order valence-electron chi connectivity index (χ1n) is 14.0. The molecule has 6 rings (SSSR count). The zero-order chi connectivity index (χ0) is 26.7.